The third-order valence-corrected chi connectivity index (χ3v) is 1.74. The fraction of sp³-hybridized carbons (Fsp3) is 0.222. The summed E-state index contributed by atoms with van der Waals surface area (Å²) in [5.74, 6) is -1.45. The lowest BCUT2D eigenvalue weighted by atomic mass is 10.00. The fourth-order valence-corrected chi connectivity index (χ4v) is 1.06. The minimum atomic E-state index is -0.872. The van der Waals surface area contributed by atoms with Gasteiger partial charge in [0.25, 0.3) is 0 Å². The van der Waals surface area contributed by atoms with E-state index in [1.807, 2.05) is 6.07 Å². The molecule has 1 atom stereocenters. The van der Waals surface area contributed by atoms with Crippen molar-refractivity contribution in [1.82, 2.24) is 0 Å². The molecule has 0 saturated heterocycles. The first-order valence-electron chi connectivity index (χ1n) is 3.73. The van der Waals surface area contributed by atoms with Gasteiger partial charge in [-0.3, -0.25) is 4.79 Å². The molecular weight excluding hydrogens is 225 g/mol. The van der Waals surface area contributed by atoms with Crippen molar-refractivity contribution >= 4 is 30.8 Å². The molecular formula is C9H13Cl2NO2. The summed E-state index contributed by atoms with van der Waals surface area (Å²) in [6.45, 7) is 0.138. The standard InChI is InChI=1S/C9H11NO2.2ClH/c10-6-8(9(11)12)7-4-2-1-3-5-7;;/h1-5,8H,6,10H2,(H,11,12);2*1H. The zero-order valence-corrected chi connectivity index (χ0v) is 9.05. The SMILES string of the molecule is Cl.Cl.NCC(C(=O)O)c1ccccc1. The molecule has 0 aliphatic carbocycles. The van der Waals surface area contributed by atoms with Crippen LogP contribution in [0.1, 0.15) is 11.5 Å². The number of halogens is 2. The van der Waals surface area contributed by atoms with Crippen molar-refractivity contribution in [2.24, 2.45) is 5.73 Å². The molecule has 0 radical (unpaired) electrons. The Morgan fingerprint density at radius 3 is 2.14 bits per heavy atom. The van der Waals surface area contributed by atoms with Crippen molar-refractivity contribution in [2.75, 3.05) is 6.54 Å². The van der Waals surface area contributed by atoms with E-state index in [4.69, 9.17) is 10.8 Å². The van der Waals surface area contributed by atoms with E-state index in [1.165, 1.54) is 0 Å². The van der Waals surface area contributed by atoms with Crippen LogP contribution in [0.4, 0.5) is 0 Å². The van der Waals surface area contributed by atoms with Crippen LogP contribution in [0.5, 0.6) is 0 Å². The first-order chi connectivity index (χ1) is 5.75. The van der Waals surface area contributed by atoms with E-state index in [0.717, 1.165) is 5.56 Å². The molecule has 0 amide bonds. The molecule has 0 fully saturated rings. The van der Waals surface area contributed by atoms with Gasteiger partial charge >= 0.3 is 5.97 Å². The number of hydrogen-bond donors (Lipinski definition) is 2. The minimum absolute atomic E-state index is 0. The van der Waals surface area contributed by atoms with Crippen LogP contribution in [0.3, 0.4) is 0 Å². The molecule has 1 unspecified atom stereocenters. The Morgan fingerprint density at radius 1 is 1.29 bits per heavy atom. The van der Waals surface area contributed by atoms with Gasteiger partial charge in [0.1, 0.15) is 0 Å². The van der Waals surface area contributed by atoms with E-state index < -0.39 is 11.9 Å². The van der Waals surface area contributed by atoms with E-state index in [-0.39, 0.29) is 31.4 Å². The van der Waals surface area contributed by atoms with Crippen LogP contribution in [0.25, 0.3) is 0 Å². The van der Waals surface area contributed by atoms with Crippen LogP contribution in [0.2, 0.25) is 0 Å². The van der Waals surface area contributed by atoms with Crippen molar-refractivity contribution in [2.45, 2.75) is 5.92 Å². The monoisotopic (exact) mass is 237 g/mol. The zero-order valence-electron chi connectivity index (χ0n) is 7.42. The highest BCUT2D eigenvalue weighted by atomic mass is 35.5. The largest absolute Gasteiger partial charge is 0.481 e. The van der Waals surface area contributed by atoms with Crippen molar-refractivity contribution in [3.05, 3.63) is 35.9 Å². The Labute approximate surface area is 95.1 Å². The Bertz CT molecular complexity index is 267. The van der Waals surface area contributed by atoms with Gasteiger partial charge in [0.15, 0.2) is 0 Å². The second-order valence-corrected chi connectivity index (χ2v) is 2.54. The summed E-state index contributed by atoms with van der Waals surface area (Å²) in [5, 5.41) is 8.75. The van der Waals surface area contributed by atoms with E-state index in [1.54, 1.807) is 24.3 Å². The summed E-state index contributed by atoms with van der Waals surface area (Å²) in [4.78, 5) is 10.7. The number of rotatable bonds is 3. The van der Waals surface area contributed by atoms with Gasteiger partial charge in [0.2, 0.25) is 0 Å². The molecule has 0 saturated carbocycles. The molecule has 1 rings (SSSR count). The lowest BCUT2D eigenvalue weighted by Gasteiger charge is -2.08. The second-order valence-electron chi connectivity index (χ2n) is 2.54. The Morgan fingerprint density at radius 2 is 1.79 bits per heavy atom. The summed E-state index contributed by atoms with van der Waals surface area (Å²) in [6.07, 6.45) is 0. The second kappa shape index (κ2) is 7.62. The molecule has 0 aromatic heterocycles. The van der Waals surface area contributed by atoms with Gasteiger partial charge in [-0.05, 0) is 5.56 Å². The number of carboxylic acids is 1. The molecule has 0 aliphatic heterocycles. The van der Waals surface area contributed by atoms with Gasteiger partial charge in [0.05, 0.1) is 5.92 Å². The van der Waals surface area contributed by atoms with E-state index in [2.05, 4.69) is 0 Å². The van der Waals surface area contributed by atoms with Crippen molar-refractivity contribution in [1.29, 1.82) is 0 Å². The molecule has 14 heavy (non-hydrogen) atoms. The number of carboxylic acid groups (broad SMARTS) is 1. The number of benzene rings is 1. The first-order valence-corrected chi connectivity index (χ1v) is 3.73. The predicted molar refractivity (Wildman–Crippen MR) is 60.4 cm³/mol. The molecule has 0 heterocycles. The fourth-order valence-electron chi connectivity index (χ4n) is 1.06. The maximum Gasteiger partial charge on any atom is 0.312 e. The van der Waals surface area contributed by atoms with Crippen molar-refractivity contribution in [3.8, 4) is 0 Å². The summed E-state index contributed by atoms with van der Waals surface area (Å²) in [7, 11) is 0. The molecule has 3 nitrogen and oxygen atoms in total. The third-order valence-electron chi connectivity index (χ3n) is 1.74. The average Bonchev–Trinajstić information content (AvgIpc) is 2.07. The minimum Gasteiger partial charge on any atom is -0.481 e. The molecule has 1 aromatic carbocycles. The molecule has 0 bridgehead atoms. The molecule has 5 heteroatoms. The maximum atomic E-state index is 10.7. The van der Waals surface area contributed by atoms with Crippen LogP contribution in [-0.4, -0.2) is 17.6 Å². The van der Waals surface area contributed by atoms with E-state index in [9.17, 15) is 4.79 Å². The Kier molecular flexibility index (Phi) is 8.54. The predicted octanol–water partition coefficient (Wildman–Crippen LogP) is 1.66. The lowest BCUT2D eigenvalue weighted by molar-refractivity contribution is -0.138. The summed E-state index contributed by atoms with van der Waals surface area (Å²) >= 11 is 0. The Balaban J connectivity index is 0. The number of nitrogens with two attached hydrogens (primary N) is 1. The topological polar surface area (TPSA) is 63.3 Å². The van der Waals surface area contributed by atoms with Gasteiger partial charge < -0.3 is 10.8 Å². The molecule has 0 spiro atoms. The smallest absolute Gasteiger partial charge is 0.312 e. The molecule has 1 aromatic rings. The number of carbonyl (C=O) groups is 1. The molecule has 80 valence electrons. The van der Waals surface area contributed by atoms with Gasteiger partial charge in [-0.25, -0.2) is 0 Å². The number of aliphatic carboxylic acids is 1. The quantitative estimate of drug-likeness (QED) is 0.841. The van der Waals surface area contributed by atoms with Crippen LogP contribution < -0.4 is 5.73 Å². The normalized spacial score (nSPS) is 10.6. The van der Waals surface area contributed by atoms with Gasteiger partial charge in [-0.1, -0.05) is 30.3 Å². The van der Waals surface area contributed by atoms with Gasteiger partial charge in [0, 0.05) is 6.54 Å². The summed E-state index contributed by atoms with van der Waals surface area (Å²) < 4.78 is 0. The maximum absolute atomic E-state index is 10.7. The summed E-state index contributed by atoms with van der Waals surface area (Å²) in [6, 6.07) is 9.00. The van der Waals surface area contributed by atoms with Gasteiger partial charge in [-0.15, -0.1) is 24.8 Å². The number of hydrogen-bond acceptors (Lipinski definition) is 2. The van der Waals surface area contributed by atoms with Crippen LogP contribution in [-0.2, 0) is 4.79 Å². The third kappa shape index (κ3) is 3.96. The van der Waals surface area contributed by atoms with Crippen LogP contribution in [0, 0.1) is 0 Å². The van der Waals surface area contributed by atoms with Gasteiger partial charge in [-0.2, -0.15) is 0 Å². The highest BCUT2D eigenvalue weighted by Crippen LogP contribution is 2.13. The zero-order chi connectivity index (χ0) is 8.97. The van der Waals surface area contributed by atoms with Crippen LogP contribution >= 0.6 is 24.8 Å². The first kappa shape index (κ1) is 15.7. The lowest BCUT2D eigenvalue weighted by Crippen LogP contribution is -2.20. The highest BCUT2D eigenvalue weighted by molar-refractivity contribution is 5.85. The van der Waals surface area contributed by atoms with Crippen LogP contribution in [0.15, 0.2) is 30.3 Å². The summed E-state index contributed by atoms with van der Waals surface area (Å²) in [5.41, 5.74) is 6.08. The van der Waals surface area contributed by atoms with Crippen molar-refractivity contribution in [3.63, 3.8) is 0 Å². The Hall–Kier alpha value is -0.770. The molecule has 3 N–H and O–H groups in total. The van der Waals surface area contributed by atoms with E-state index >= 15 is 0 Å². The van der Waals surface area contributed by atoms with E-state index in [0.29, 0.717) is 0 Å². The highest BCUT2D eigenvalue weighted by Gasteiger charge is 2.16. The van der Waals surface area contributed by atoms with Crippen molar-refractivity contribution < 1.29 is 9.90 Å². The molecule has 0 aliphatic rings. The average molecular weight is 238 g/mol.